The molecule has 0 aliphatic rings. The van der Waals surface area contributed by atoms with Gasteiger partial charge in [0.15, 0.2) is 6.10 Å². The third-order valence-corrected chi connectivity index (χ3v) is 1.78. The molecule has 16 heavy (non-hydrogen) atoms. The fraction of sp³-hybridized carbons (Fsp3) is 0.333. The number of aromatic nitrogens is 1. The zero-order valence-electron chi connectivity index (χ0n) is 8.38. The van der Waals surface area contributed by atoms with Gasteiger partial charge in [0.05, 0.1) is 0 Å². The van der Waals surface area contributed by atoms with Gasteiger partial charge in [-0.25, -0.2) is 0 Å². The largest absolute Gasteiger partial charge is 0.481 e. The number of rotatable bonds is 3. The summed E-state index contributed by atoms with van der Waals surface area (Å²) in [5.41, 5.74) is 5.22. The van der Waals surface area contributed by atoms with Crippen molar-refractivity contribution in [2.24, 2.45) is 5.73 Å². The molecule has 0 spiro atoms. The van der Waals surface area contributed by atoms with E-state index in [-0.39, 0.29) is 17.3 Å². The first-order chi connectivity index (χ1) is 7.30. The molecular weight excluding hydrogens is 223 g/mol. The maximum Gasteiger partial charge on any atom is 0.425 e. The lowest BCUT2D eigenvalue weighted by atomic mass is 10.3. The molecule has 1 aromatic heterocycles. The van der Waals surface area contributed by atoms with Gasteiger partial charge in [0.1, 0.15) is 17.3 Å². The predicted molar refractivity (Wildman–Crippen MR) is 51.4 cm³/mol. The normalized spacial score (nSPS) is 13.2. The van der Waals surface area contributed by atoms with E-state index in [0.717, 1.165) is 6.92 Å². The topological polar surface area (TPSA) is 72.0 Å². The van der Waals surface area contributed by atoms with Crippen LogP contribution in [-0.2, 0) is 0 Å². The van der Waals surface area contributed by atoms with Crippen molar-refractivity contribution in [3.63, 3.8) is 0 Å². The quantitative estimate of drug-likeness (QED) is 0.616. The standard InChI is InChI=1S/C9H10F3N3O/c1-5(9(10,11)12)16-6-2-3-15-7(4-6)8(13)14/h2-5H,1H3,(H3,13,14). The zero-order chi connectivity index (χ0) is 12.3. The van der Waals surface area contributed by atoms with Crippen LogP contribution in [0.25, 0.3) is 0 Å². The maximum absolute atomic E-state index is 12.2. The molecule has 7 heteroatoms. The summed E-state index contributed by atoms with van der Waals surface area (Å²) in [5.74, 6) is -0.352. The fourth-order valence-corrected chi connectivity index (χ4v) is 0.903. The van der Waals surface area contributed by atoms with Crippen LogP contribution in [0.3, 0.4) is 0 Å². The van der Waals surface area contributed by atoms with Gasteiger partial charge in [0.25, 0.3) is 0 Å². The van der Waals surface area contributed by atoms with E-state index in [4.69, 9.17) is 11.1 Å². The van der Waals surface area contributed by atoms with Crippen molar-refractivity contribution in [3.8, 4) is 5.75 Å². The molecule has 0 aromatic carbocycles. The highest BCUT2D eigenvalue weighted by Gasteiger charge is 2.38. The summed E-state index contributed by atoms with van der Waals surface area (Å²) in [6.45, 7) is 0.897. The first-order valence-corrected chi connectivity index (χ1v) is 4.34. The fourth-order valence-electron chi connectivity index (χ4n) is 0.903. The lowest BCUT2D eigenvalue weighted by Crippen LogP contribution is -2.31. The van der Waals surface area contributed by atoms with Gasteiger partial charge in [-0.2, -0.15) is 13.2 Å². The molecule has 0 aliphatic carbocycles. The van der Waals surface area contributed by atoms with E-state index in [2.05, 4.69) is 9.72 Å². The smallest absolute Gasteiger partial charge is 0.425 e. The highest BCUT2D eigenvalue weighted by atomic mass is 19.4. The summed E-state index contributed by atoms with van der Waals surface area (Å²) < 4.78 is 41.2. The van der Waals surface area contributed by atoms with Crippen LogP contribution in [0, 0.1) is 5.41 Å². The molecule has 3 N–H and O–H groups in total. The van der Waals surface area contributed by atoms with E-state index in [0.29, 0.717) is 0 Å². The number of ether oxygens (including phenoxy) is 1. The zero-order valence-corrected chi connectivity index (χ0v) is 8.38. The summed E-state index contributed by atoms with van der Waals surface area (Å²) in [7, 11) is 0. The second-order valence-corrected chi connectivity index (χ2v) is 3.09. The molecule has 0 aliphatic heterocycles. The van der Waals surface area contributed by atoms with Crippen molar-refractivity contribution < 1.29 is 17.9 Å². The Labute approximate surface area is 89.7 Å². The number of nitrogen functional groups attached to an aromatic ring is 1. The van der Waals surface area contributed by atoms with Crippen LogP contribution in [0.2, 0.25) is 0 Å². The van der Waals surface area contributed by atoms with Crippen LogP contribution in [0.1, 0.15) is 12.6 Å². The molecular formula is C9H10F3N3O. The Morgan fingerprint density at radius 2 is 2.19 bits per heavy atom. The molecule has 0 saturated carbocycles. The van der Waals surface area contributed by atoms with Gasteiger partial charge >= 0.3 is 6.18 Å². The molecule has 0 bridgehead atoms. The third kappa shape index (κ3) is 3.11. The minimum atomic E-state index is -4.43. The number of halogens is 3. The van der Waals surface area contributed by atoms with Crippen molar-refractivity contribution in [3.05, 3.63) is 24.0 Å². The van der Waals surface area contributed by atoms with E-state index >= 15 is 0 Å². The highest BCUT2D eigenvalue weighted by Crippen LogP contribution is 2.24. The van der Waals surface area contributed by atoms with E-state index in [1.807, 2.05) is 0 Å². The van der Waals surface area contributed by atoms with Gasteiger partial charge in [-0.3, -0.25) is 10.4 Å². The van der Waals surface area contributed by atoms with Crippen molar-refractivity contribution in [1.29, 1.82) is 5.41 Å². The van der Waals surface area contributed by atoms with Gasteiger partial charge in [-0.1, -0.05) is 0 Å². The van der Waals surface area contributed by atoms with E-state index in [1.54, 1.807) is 0 Å². The van der Waals surface area contributed by atoms with Crippen LogP contribution >= 0.6 is 0 Å². The monoisotopic (exact) mass is 233 g/mol. The minimum absolute atomic E-state index is 0.0231. The molecule has 0 saturated heterocycles. The summed E-state index contributed by atoms with van der Waals surface area (Å²) in [5, 5.41) is 7.07. The van der Waals surface area contributed by atoms with Gasteiger partial charge in [-0.05, 0) is 13.0 Å². The predicted octanol–water partition coefficient (Wildman–Crippen LogP) is 1.70. The number of nitrogens with one attached hydrogen (secondary N) is 1. The van der Waals surface area contributed by atoms with Crippen molar-refractivity contribution in [2.75, 3.05) is 0 Å². The molecule has 4 nitrogen and oxygen atoms in total. The first-order valence-electron chi connectivity index (χ1n) is 4.34. The first kappa shape index (κ1) is 12.3. The van der Waals surface area contributed by atoms with Crippen molar-refractivity contribution in [1.82, 2.24) is 4.98 Å². The molecule has 1 atom stereocenters. The average molecular weight is 233 g/mol. The summed E-state index contributed by atoms with van der Waals surface area (Å²) in [6.07, 6.45) is -5.12. The maximum atomic E-state index is 12.2. The molecule has 1 heterocycles. The number of hydrogen-bond acceptors (Lipinski definition) is 3. The number of pyridine rings is 1. The SMILES string of the molecule is CC(Oc1ccnc(C(=N)N)c1)C(F)(F)F. The summed E-state index contributed by atoms with van der Waals surface area (Å²) in [4.78, 5) is 3.70. The molecule has 88 valence electrons. The van der Waals surface area contributed by atoms with E-state index in [9.17, 15) is 13.2 Å². The van der Waals surface area contributed by atoms with Gasteiger partial charge in [0.2, 0.25) is 0 Å². The van der Waals surface area contributed by atoms with Gasteiger partial charge < -0.3 is 10.5 Å². The Balaban J connectivity index is 2.82. The van der Waals surface area contributed by atoms with Crippen molar-refractivity contribution >= 4 is 5.84 Å². The molecule has 1 rings (SSSR count). The Morgan fingerprint density at radius 3 is 2.69 bits per heavy atom. The Morgan fingerprint density at radius 1 is 1.56 bits per heavy atom. The molecule has 0 fully saturated rings. The molecule has 1 unspecified atom stereocenters. The van der Waals surface area contributed by atoms with Gasteiger partial charge in [0, 0.05) is 12.3 Å². The van der Waals surface area contributed by atoms with Crippen LogP contribution in [0.15, 0.2) is 18.3 Å². The second kappa shape index (κ2) is 4.38. The van der Waals surface area contributed by atoms with Crippen LogP contribution in [0.5, 0.6) is 5.75 Å². The number of alkyl halides is 3. The lowest BCUT2D eigenvalue weighted by Gasteiger charge is -2.17. The lowest BCUT2D eigenvalue weighted by molar-refractivity contribution is -0.189. The number of amidine groups is 1. The average Bonchev–Trinajstić information content (AvgIpc) is 2.16. The number of nitrogens with two attached hydrogens (primary N) is 1. The Bertz CT molecular complexity index is 392. The number of nitrogens with zero attached hydrogens (tertiary/aromatic N) is 1. The third-order valence-electron chi connectivity index (χ3n) is 1.78. The summed E-state index contributed by atoms with van der Waals surface area (Å²) >= 11 is 0. The second-order valence-electron chi connectivity index (χ2n) is 3.09. The highest BCUT2D eigenvalue weighted by molar-refractivity contribution is 5.93. The Hall–Kier alpha value is -1.79. The summed E-state index contributed by atoms with van der Waals surface area (Å²) in [6, 6.07) is 2.46. The van der Waals surface area contributed by atoms with Gasteiger partial charge in [-0.15, -0.1) is 0 Å². The van der Waals surface area contributed by atoms with Crippen LogP contribution in [0.4, 0.5) is 13.2 Å². The number of hydrogen-bond donors (Lipinski definition) is 2. The van der Waals surface area contributed by atoms with Crippen LogP contribution in [-0.4, -0.2) is 23.1 Å². The van der Waals surface area contributed by atoms with E-state index < -0.39 is 12.3 Å². The van der Waals surface area contributed by atoms with E-state index in [1.165, 1.54) is 18.3 Å². The minimum Gasteiger partial charge on any atom is -0.481 e. The van der Waals surface area contributed by atoms with Crippen molar-refractivity contribution in [2.45, 2.75) is 19.2 Å². The van der Waals surface area contributed by atoms with Crippen LogP contribution < -0.4 is 10.5 Å². The Kier molecular flexibility index (Phi) is 3.36. The molecule has 0 amide bonds. The molecule has 1 aromatic rings. The molecule has 0 radical (unpaired) electrons.